The van der Waals surface area contributed by atoms with Gasteiger partial charge in [-0.25, -0.2) is 0 Å². The molecule has 1 aliphatic heterocycles. The van der Waals surface area contributed by atoms with Crippen molar-refractivity contribution in [2.45, 2.75) is 13.0 Å². The Balaban J connectivity index is 1.67. The van der Waals surface area contributed by atoms with E-state index in [9.17, 15) is 4.79 Å². The number of amides is 1. The van der Waals surface area contributed by atoms with Crippen LogP contribution in [0.3, 0.4) is 0 Å². The lowest BCUT2D eigenvalue weighted by Gasteiger charge is -2.20. The summed E-state index contributed by atoms with van der Waals surface area (Å²) < 4.78 is 1.88. The summed E-state index contributed by atoms with van der Waals surface area (Å²) in [5, 5.41) is 4.79. The van der Waals surface area contributed by atoms with Crippen LogP contribution in [0.5, 0.6) is 0 Å². The summed E-state index contributed by atoms with van der Waals surface area (Å²) in [7, 11) is 2.11. The van der Waals surface area contributed by atoms with Gasteiger partial charge in [0.2, 0.25) is 0 Å². The van der Waals surface area contributed by atoms with Crippen molar-refractivity contribution in [2.24, 2.45) is 0 Å². The fourth-order valence-corrected chi connectivity index (χ4v) is 3.66. The Morgan fingerprint density at radius 2 is 1.64 bits per heavy atom. The molecule has 1 fully saturated rings. The molecule has 2 heterocycles. The number of carbonyl (C=O) groups excluding carboxylic acids is 1. The van der Waals surface area contributed by atoms with E-state index in [-0.39, 0.29) is 5.91 Å². The van der Waals surface area contributed by atoms with Gasteiger partial charge in [-0.05, 0) is 25.6 Å². The molecule has 2 aromatic carbocycles. The monoisotopic (exact) mass is 374 g/mol. The normalized spacial score (nSPS) is 15.4. The van der Waals surface area contributed by atoms with Crippen molar-refractivity contribution in [3.8, 4) is 11.3 Å². The molecule has 5 nitrogen and oxygen atoms in total. The maximum atomic E-state index is 13.4. The fourth-order valence-electron chi connectivity index (χ4n) is 3.66. The summed E-state index contributed by atoms with van der Waals surface area (Å²) in [6.45, 7) is 4.14. The molecule has 1 amide bonds. The molecule has 28 heavy (non-hydrogen) atoms. The molecule has 5 heteroatoms. The molecule has 0 unspecified atom stereocenters. The van der Waals surface area contributed by atoms with Crippen molar-refractivity contribution >= 4 is 5.91 Å². The van der Waals surface area contributed by atoms with Gasteiger partial charge in [0.05, 0.1) is 12.1 Å². The summed E-state index contributed by atoms with van der Waals surface area (Å²) in [5.74, 6) is 0.0773. The van der Waals surface area contributed by atoms with Crippen LogP contribution in [0.25, 0.3) is 11.3 Å². The van der Waals surface area contributed by atoms with Gasteiger partial charge in [-0.15, -0.1) is 0 Å². The van der Waals surface area contributed by atoms with Gasteiger partial charge in [-0.1, -0.05) is 60.7 Å². The maximum Gasteiger partial charge on any atom is 0.257 e. The van der Waals surface area contributed by atoms with Gasteiger partial charge in [0.1, 0.15) is 5.69 Å². The lowest BCUT2D eigenvalue weighted by Crippen LogP contribution is -2.34. The summed E-state index contributed by atoms with van der Waals surface area (Å²) in [4.78, 5) is 17.6. The number of nitrogens with zero attached hydrogens (tertiary/aromatic N) is 4. The first-order valence-electron chi connectivity index (χ1n) is 9.85. The highest BCUT2D eigenvalue weighted by molar-refractivity contribution is 5.99. The van der Waals surface area contributed by atoms with Crippen molar-refractivity contribution in [3.05, 3.63) is 78.0 Å². The van der Waals surface area contributed by atoms with Crippen LogP contribution >= 0.6 is 0 Å². The first-order chi connectivity index (χ1) is 13.7. The van der Waals surface area contributed by atoms with E-state index in [2.05, 4.69) is 24.1 Å². The average molecular weight is 374 g/mol. The number of carbonyl (C=O) groups is 1. The molecule has 0 saturated carbocycles. The Bertz CT molecular complexity index is 920. The number of likely N-dealkylation sites (N-methyl/N-ethyl adjacent to an activating group) is 1. The highest BCUT2D eigenvalue weighted by Gasteiger charge is 2.24. The molecule has 0 atom stereocenters. The van der Waals surface area contributed by atoms with Crippen LogP contribution in [0.4, 0.5) is 0 Å². The van der Waals surface area contributed by atoms with E-state index in [4.69, 9.17) is 5.10 Å². The Hall–Kier alpha value is -2.92. The molecule has 3 aromatic rings. The fraction of sp³-hybridized carbons (Fsp3) is 0.304. The number of rotatable bonds is 4. The van der Waals surface area contributed by atoms with Gasteiger partial charge in [0, 0.05) is 31.4 Å². The van der Waals surface area contributed by atoms with Gasteiger partial charge in [0.15, 0.2) is 0 Å². The highest BCUT2D eigenvalue weighted by Crippen LogP contribution is 2.24. The zero-order chi connectivity index (χ0) is 19.3. The van der Waals surface area contributed by atoms with Crippen molar-refractivity contribution in [3.63, 3.8) is 0 Å². The minimum atomic E-state index is 0.0773. The van der Waals surface area contributed by atoms with E-state index in [0.29, 0.717) is 12.1 Å². The molecule has 1 saturated heterocycles. The van der Waals surface area contributed by atoms with Crippen LogP contribution in [0.15, 0.2) is 66.9 Å². The zero-order valence-electron chi connectivity index (χ0n) is 16.3. The van der Waals surface area contributed by atoms with Crippen LogP contribution in [0.2, 0.25) is 0 Å². The molecule has 0 bridgehead atoms. The maximum absolute atomic E-state index is 13.4. The van der Waals surface area contributed by atoms with Gasteiger partial charge >= 0.3 is 0 Å². The smallest absolute Gasteiger partial charge is 0.257 e. The average Bonchev–Trinajstić information content (AvgIpc) is 3.02. The van der Waals surface area contributed by atoms with Gasteiger partial charge < -0.3 is 9.80 Å². The second-order valence-electron chi connectivity index (χ2n) is 7.39. The summed E-state index contributed by atoms with van der Waals surface area (Å²) in [6, 6.07) is 20.2. The van der Waals surface area contributed by atoms with Gasteiger partial charge in [0.25, 0.3) is 5.91 Å². The van der Waals surface area contributed by atoms with Crippen LogP contribution in [-0.4, -0.2) is 58.7 Å². The minimum absolute atomic E-state index is 0.0773. The number of aromatic nitrogens is 2. The molecule has 0 aliphatic carbocycles. The topological polar surface area (TPSA) is 41.4 Å². The molecular weight excluding hydrogens is 348 g/mol. The first kappa shape index (κ1) is 18.4. The molecule has 144 valence electrons. The van der Waals surface area contributed by atoms with E-state index < -0.39 is 0 Å². The van der Waals surface area contributed by atoms with E-state index in [1.54, 1.807) is 0 Å². The van der Waals surface area contributed by atoms with Crippen molar-refractivity contribution in [1.82, 2.24) is 19.6 Å². The predicted molar refractivity (Wildman–Crippen MR) is 111 cm³/mol. The Morgan fingerprint density at radius 1 is 0.929 bits per heavy atom. The minimum Gasteiger partial charge on any atom is -0.337 e. The third kappa shape index (κ3) is 4.15. The summed E-state index contributed by atoms with van der Waals surface area (Å²) >= 11 is 0. The third-order valence-electron chi connectivity index (χ3n) is 5.23. The Labute approximate surface area is 166 Å². The molecule has 4 rings (SSSR count). The molecule has 0 spiro atoms. The number of hydrogen-bond acceptors (Lipinski definition) is 3. The zero-order valence-corrected chi connectivity index (χ0v) is 16.3. The Kier molecular flexibility index (Phi) is 5.53. The van der Waals surface area contributed by atoms with Crippen molar-refractivity contribution in [1.29, 1.82) is 0 Å². The van der Waals surface area contributed by atoms with Crippen LogP contribution in [-0.2, 0) is 6.54 Å². The highest BCUT2D eigenvalue weighted by atomic mass is 16.2. The standard InChI is InChI=1S/C23H26N4O/c1-25-13-8-14-26(16-15-25)23(28)21-18-27(17-19-9-4-2-5-10-19)24-22(21)20-11-6-3-7-12-20/h2-7,9-12,18H,8,13-17H2,1H3. The van der Waals surface area contributed by atoms with E-state index in [0.717, 1.165) is 43.9 Å². The molecule has 1 aromatic heterocycles. The first-order valence-corrected chi connectivity index (χ1v) is 9.85. The summed E-state index contributed by atoms with van der Waals surface area (Å²) in [5.41, 5.74) is 3.59. The van der Waals surface area contributed by atoms with Crippen molar-refractivity contribution < 1.29 is 4.79 Å². The van der Waals surface area contributed by atoms with E-state index >= 15 is 0 Å². The molecule has 0 N–H and O–H groups in total. The number of benzene rings is 2. The van der Waals surface area contributed by atoms with E-state index in [1.807, 2.05) is 64.3 Å². The van der Waals surface area contributed by atoms with E-state index in [1.165, 1.54) is 5.56 Å². The van der Waals surface area contributed by atoms with Crippen molar-refractivity contribution in [2.75, 3.05) is 33.2 Å². The van der Waals surface area contributed by atoms with Crippen LogP contribution < -0.4 is 0 Å². The molecular formula is C23H26N4O. The largest absolute Gasteiger partial charge is 0.337 e. The lowest BCUT2D eigenvalue weighted by atomic mass is 10.1. The molecule has 0 radical (unpaired) electrons. The van der Waals surface area contributed by atoms with Crippen LogP contribution in [0.1, 0.15) is 22.3 Å². The lowest BCUT2D eigenvalue weighted by molar-refractivity contribution is 0.0763. The number of hydrogen-bond donors (Lipinski definition) is 0. The van der Waals surface area contributed by atoms with Gasteiger partial charge in [-0.3, -0.25) is 9.48 Å². The molecule has 1 aliphatic rings. The SMILES string of the molecule is CN1CCCN(C(=O)c2cn(Cc3ccccc3)nc2-c2ccccc2)CC1. The predicted octanol–water partition coefficient (Wildman–Crippen LogP) is 3.38. The quantitative estimate of drug-likeness (QED) is 0.703. The van der Waals surface area contributed by atoms with Gasteiger partial charge in [-0.2, -0.15) is 5.10 Å². The summed E-state index contributed by atoms with van der Waals surface area (Å²) in [6.07, 6.45) is 2.91. The second-order valence-corrected chi connectivity index (χ2v) is 7.39. The second kappa shape index (κ2) is 8.40. The van der Waals surface area contributed by atoms with Crippen LogP contribution in [0, 0.1) is 0 Å². The Morgan fingerprint density at radius 3 is 2.39 bits per heavy atom. The third-order valence-corrected chi connectivity index (χ3v) is 5.23.